The molecule has 0 aliphatic heterocycles. The summed E-state index contributed by atoms with van der Waals surface area (Å²) in [5.41, 5.74) is 1.10. The maximum absolute atomic E-state index is 11.7. The fourth-order valence-corrected chi connectivity index (χ4v) is 2.60. The number of rotatable bonds is 10. The van der Waals surface area contributed by atoms with Gasteiger partial charge in [0, 0.05) is 44.5 Å². The second-order valence-electron chi connectivity index (χ2n) is 6.00. The molecule has 6 heteroatoms. The van der Waals surface area contributed by atoms with Crippen molar-refractivity contribution in [1.29, 1.82) is 0 Å². The topological polar surface area (TPSA) is 67.7 Å². The van der Waals surface area contributed by atoms with Crippen LogP contribution in [0, 0.1) is 0 Å². The highest BCUT2D eigenvalue weighted by atomic mass is 16.5. The smallest absolute Gasteiger partial charge is 0.250 e. The molecule has 1 aromatic carbocycles. The van der Waals surface area contributed by atoms with Crippen LogP contribution in [0.15, 0.2) is 71.1 Å². The van der Waals surface area contributed by atoms with Gasteiger partial charge in [-0.05, 0) is 25.0 Å². The van der Waals surface area contributed by atoms with E-state index in [1.807, 2.05) is 36.5 Å². The van der Waals surface area contributed by atoms with Gasteiger partial charge >= 0.3 is 0 Å². The van der Waals surface area contributed by atoms with E-state index in [1.165, 1.54) is 0 Å². The lowest BCUT2D eigenvalue weighted by Crippen LogP contribution is -2.37. The van der Waals surface area contributed by atoms with Crippen molar-refractivity contribution in [2.75, 3.05) is 20.2 Å². The molecule has 1 aromatic heterocycles. The summed E-state index contributed by atoms with van der Waals surface area (Å²) in [5.74, 6) is 1.58. The Morgan fingerprint density at radius 1 is 1.19 bits per heavy atom. The molecule has 0 spiro atoms. The van der Waals surface area contributed by atoms with Gasteiger partial charge in [0.05, 0.1) is 0 Å². The van der Waals surface area contributed by atoms with Crippen LogP contribution in [-0.4, -0.2) is 30.7 Å². The molecule has 144 valence electrons. The summed E-state index contributed by atoms with van der Waals surface area (Å²) in [6.45, 7) is 6.29. The molecule has 0 saturated heterocycles. The highest BCUT2D eigenvalue weighted by molar-refractivity contribution is 5.79. The summed E-state index contributed by atoms with van der Waals surface area (Å²) in [4.78, 5) is 15.9. The zero-order chi connectivity index (χ0) is 19.3. The molecule has 0 unspecified atom stereocenters. The first-order chi connectivity index (χ1) is 13.2. The summed E-state index contributed by atoms with van der Waals surface area (Å²) >= 11 is 0. The number of aryl methyl sites for hydroxylation is 1. The van der Waals surface area contributed by atoms with Crippen molar-refractivity contribution < 1.29 is 4.74 Å². The van der Waals surface area contributed by atoms with Gasteiger partial charge in [0.25, 0.3) is 0 Å². The van der Waals surface area contributed by atoms with E-state index >= 15 is 0 Å². The number of para-hydroxylation sites is 1. The first-order valence-electron chi connectivity index (χ1n) is 9.16. The van der Waals surface area contributed by atoms with Crippen molar-refractivity contribution in [1.82, 2.24) is 15.2 Å². The van der Waals surface area contributed by atoms with Crippen molar-refractivity contribution in [3.63, 3.8) is 0 Å². The molecular formula is C21H28N4O2. The highest BCUT2D eigenvalue weighted by Gasteiger charge is 2.04. The predicted molar refractivity (Wildman–Crippen MR) is 110 cm³/mol. The number of aromatic nitrogens is 1. The van der Waals surface area contributed by atoms with E-state index in [-0.39, 0.29) is 5.56 Å². The number of pyridine rings is 1. The Kier molecular flexibility index (Phi) is 8.69. The first kappa shape index (κ1) is 20.3. The minimum absolute atomic E-state index is 0.0419. The van der Waals surface area contributed by atoms with E-state index in [0.29, 0.717) is 13.2 Å². The molecule has 0 bridgehead atoms. The van der Waals surface area contributed by atoms with Crippen LogP contribution >= 0.6 is 0 Å². The average Bonchev–Trinajstić information content (AvgIpc) is 2.70. The largest absolute Gasteiger partial charge is 0.489 e. The number of aliphatic imine (C=N–C) groups is 1. The lowest BCUT2D eigenvalue weighted by atomic mass is 10.2. The van der Waals surface area contributed by atoms with Crippen LogP contribution < -0.4 is 20.9 Å². The molecule has 2 rings (SSSR count). The van der Waals surface area contributed by atoms with Crippen LogP contribution in [0.25, 0.3) is 0 Å². The first-order valence-corrected chi connectivity index (χ1v) is 9.16. The fourth-order valence-electron chi connectivity index (χ4n) is 2.60. The summed E-state index contributed by atoms with van der Waals surface area (Å²) in [5, 5.41) is 6.60. The molecule has 1 heterocycles. The van der Waals surface area contributed by atoms with Gasteiger partial charge in [-0.2, -0.15) is 0 Å². The molecule has 2 N–H and O–H groups in total. The number of benzene rings is 1. The third-order valence-electron chi connectivity index (χ3n) is 4.02. The van der Waals surface area contributed by atoms with Crippen LogP contribution in [0.1, 0.15) is 18.4 Å². The lowest BCUT2D eigenvalue weighted by molar-refractivity contribution is 0.358. The van der Waals surface area contributed by atoms with Crippen LogP contribution in [0.3, 0.4) is 0 Å². The van der Waals surface area contributed by atoms with Crippen molar-refractivity contribution in [3.05, 3.63) is 77.2 Å². The van der Waals surface area contributed by atoms with Gasteiger partial charge in [-0.25, -0.2) is 0 Å². The normalized spacial score (nSPS) is 11.1. The Balaban J connectivity index is 1.72. The van der Waals surface area contributed by atoms with Gasteiger partial charge in [-0.1, -0.05) is 36.9 Å². The standard InChI is InChI=1S/C21H28N4O2/c1-3-16-27-19-11-5-4-10-18(19)17-24-21(22-2)23-13-7-9-15-25-14-8-6-12-20(25)26/h3-6,8,10-12,14H,1,7,9,13,15-17H2,2H3,(H2,22,23,24). The zero-order valence-electron chi connectivity index (χ0n) is 15.9. The molecule has 0 aliphatic rings. The monoisotopic (exact) mass is 368 g/mol. The third kappa shape index (κ3) is 7.01. The minimum atomic E-state index is 0.0419. The van der Waals surface area contributed by atoms with Crippen molar-refractivity contribution in [2.24, 2.45) is 4.99 Å². The molecule has 0 amide bonds. The van der Waals surface area contributed by atoms with E-state index in [0.717, 1.165) is 43.2 Å². The molecule has 0 atom stereocenters. The Morgan fingerprint density at radius 2 is 2.00 bits per heavy atom. The number of guanidine groups is 1. The van der Waals surface area contributed by atoms with Crippen molar-refractivity contribution in [2.45, 2.75) is 25.9 Å². The predicted octanol–water partition coefficient (Wildman–Crippen LogP) is 2.56. The van der Waals surface area contributed by atoms with Crippen LogP contribution in [0.2, 0.25) is 0 Å². The molecule has 0 radical (unpaired) electrons. The average molecular weight is 368 g/mol. The quantitative estimate of drug-likeness (QED) is 0.293. The lowest BCUT2D eigenvalue weighted by Gasteiger charge is -2.14. The number of hydrogen-bond acceptors (Lipinski definition) is 3. The Morgan fingerprint density at radius 3 is 2.78 bits per heavy atom. The molecule has 27 heavy (non-hydrogen) atoms. The summed E-state index contributed by atoms with van der Waals surface area (Å²) in [7, 11) is 1.75. The number of nitrogens with zero attached hydrogens (tertiary/aromatic N) is 2. The second kappa shape index (κ2) is 11.6. The molecule has 6 nitrogen and oxygen atoms in total. The number of hydrogen-bond donors (Lipinski definition) is 2. The van der Waals surface area contributed by atoms with E-state index in [1.54, 1.807) is 29.8 Å². The van der Waals surface area contributed by atoms with Crippen LogP contribution in [0.5, 0.6) is 5.75 Å². The van der Waals surface area contributed by atoms with E-state index in [4.69, 9.17) is 4.74 Å². The second-order valence-corrected chi connectivity index (χ2v) is 6.00. The fraction of sp³-hybridized carbons (Fsp3) is 0.333. The van der Waals surface area contributed by atoms with Crippen molar-refractivity contribution in [3.8, 4) is 5.75 Å². The van der Waals surface area contributed by atoms with Crippen LogP contribution in [0.4, 0.5) is 0 Å². The van der Waals surface area contributed by atoms with E-state index in [9.17, 15) is 4.79 Å². The third-order valence-corrected chi connectivity index (χ3v) is 4.02. The van der Waals surface area contributed by atoms with Crippen molar-refractivity contribution >= 4 is 5.96 Å². The summed E-state index contributed by atoms with van der Waals surface area (Å²) in [6.07, 6.45) is 5.42. The van der Waals surface area contributed by atoms with Gasteiger partial charge in [0.2, 0.25) is 5.56 Å². The van der Waals surface area contributed by atoms with Crippen LogP contribution in [-0.2, 0) is 13.1 Å². The maximum atomic E-state index is 11.7. The van der Waals surface area contributed by atoms with Gasteiger partial charge in [0.15, 0.2) is 5.96 Å². The van der Waals surface area contributed by atoms with E-state index in [2.05, 4.69) is 22.2 Å². The number of nitrogens with one attached hydrogen (secondary N) is 2. The summed E-state index contributed by atoms with van der Waals surface area (Å²) < 4.78 is 7.40. The van der Waals surface area contributed by atoms with Gasteiger partial charge in [-0.15, -0.1) is 0 Å². The Bertz CT molecular complexity index is 799. The Labute approximate surface area is 160 Å². The maximum Gasteiger partial charge on any atom is 0.250 e. The zero-order valence-corrected chi connectivity index (χ0v) is 15.9. The van der Waals surface area contributed by atoms with Gasteiger partial charge < -0.3 is 19.9 Å². The molecule has 0 fully saturated rings. The number of unbranched alkanes of at least 4 members (excludes halogenated alkanes) is 1. The Hall–Kier alpha value is -3.02. The molecular weight excluding hydrogens is 340 g/mol. The molecule has 0 saturated carbocycles. The number of ether oxygens (including phenoxy) is 1. The highest BCUT2D eigenvalue weighted by Crippen LogP contribution is 2.17. The molecule has 0 aliphatic carbocycles. The van der Waals surface area contributed by atoms with Gasteiger partial charge in [0.1, 0.15) is 12.4 Å². The van der Waals surface area contributed by atoms with E-state index < -0.39 is 0 Å². The van der Waals surface area contributed by atoms with Gasteiger partial charge in [-0.3, -0.25) is 9.79 Å². The minimum Gasteiger partial charge on any atom is -0.489 e. The summed E-state index contributed by atoms with van der Waals surface area (Å²) in [6, 6.07) is 13.1. The SMILES string of the molecule is C=CCOc1ccccc1CNC(=NC)NCCCCn1ccccc1=O. The molecule has 2 aromatic rings.